The standard InChI is InChI=1S/C13H14FN3O.ClH/c14-11-3-1-10(2-4-11)13-16-12(17-18-13)9-5-7-15-8-6-9;/h1-4,9,15H,5-8H2;1H. The number of piperidine rings is 1. The Morgan fingerprint density at radius 2 is 1.84 bits per heavy atom. The van der Waals surface area contributed by atoms with Crippen molar-refractivity contribution in [2.45, 2.75) is 18.8 Å². The molecule has 1 aliphatic heterocycles. The van der Waals surface area contributed by atoms with E-state index in [2.05, 4.69) is 15.5 Å². The molecule has 1 saturated heterocycles. The Bertz CT molecular complexity index is 523. The summed E-state index contributed by atoms with van der Waals surface area (Å²) in [5, 5.41) is 7.33. The highest BCUT2D eigenvalue weighted by Crippen LogP contribution is 2.25. The van der Waals surface area contributed by atoms with E-state index in [0.29, 0.717) is 11.8 Å². The molecular formula is C13H15ClFN3O. The molecule has 0 saturated carbocycles. The maximum absolute atomic E-state index is 12.8. The van der Waals surface area contributed by atoms with Crippen molar-refractivity contribution in [2.24, 2.45) is 0 Å². The van der Waals surface area contributed by atoms with Crippen LogP contribution in [0.4, 0.5) is 4.39 Å². The minimum Gasteiger partial charge on any atom is -0.334 e. The van der Waals surface area contributed by atoms with Crippen LogP contribution in [0.2, 0.25) is 0 Å². The van der Waals surface area contributed by atoms with Crippen LogP contribution < -0.4 is 5.32 Å². The maximum atomic E-state index is 12.8. The second-order valence-electron chi connectivity index (χ2n) is 4.49. The fourth-order valence-electron chi connectivity index (χ4n) is 2.19. The molecule has 102 valence electrons. The molecule has 0 amide bonds. The van der Waals surface area contributed by atoms with Crippen LogP contribution in [0.25, 0.3) is 11.5 Å². The van der Waals surface area contributed by atoms with Gasteiger partial charge in [-0.25, -0.2) is 4.39 Å². The van der Waals surface area contributed by atoms with Crippen molar-refractivity contribution in [3.05, 3.63) is 35.9 Å². The zero-order valence-corrected chi connectivity index (χ0v) is 11.1. The first-order valence-corrected chi connectivity index (χ1v) is 6.13. The zero-order valence-electron chi connectivity index (χ0n) is 10.3. The van der Waals surface area contributed by atoms with E-state index in [4.69, 9.17) is 4.52 Å². The molecule has 1 fully saturated rings. The van der Waals surface area contributed by atoms with E-state index in [1.54, 1.807) is 12.1 Å². The van der Waals surface area contributed by atoms with E-state index in [0.717, 1.165) is 37.3 Å². The second kappa shape index (κ2) is 6.12. The highest BCUT2D eigenvalue weighted by Gasteiger charge is 2.21. The molecule has 2 heterocycles. The molecule has 1 aromatic heterocycles. The molecule has 0 spiro atoms. The highest BCUT2D eigenvalue weighted by molar-refractivity contribution is 5.85. The summed E-state index contributed by atoms with van der Waals surface area (Å²) in [5.74, 6) is 1.32. The zero-order chi connectivity index (χ0) is 12.4. The van der Waals surface area contributed by atoms with Gasteiger partial charge in [-0.1, -0.05) is 5.16 Å². The van der Waals surface area contributed by atoms with Crippen LogP contribution in [0.15, 0.2) is 28.8 Å². The van der Waals surface area contributed by atoms with Crippen LogP contribution in [-0.4, -0.2) is 23.2 Å². The molecule has 0 radical (unpaired) electrons. The van der Waals surface area contributed by atoms with Gasteiger partial charge in [-0.05, 0) is 50.2 Å². The number of hydrogen-bond donors (Lipinski definition) is 1. The lowest BCUT2D eigenvalue weighted by molar-refractivity contribution is 0.392. The van der Waals surface area contributed by atoms with Gasteiger partial charge in [0.25, 0.3) is 5.89 Å². The Hall–Kier alpha value is -1.46. The molecule has 0 bridgehead atoms. The predicted molar refractivity (Wildman–Crippen MR) is 71.8 cm³/mol. The van der Waals surface area contributed by atoms with Crippen molar-refractivity contribution in [2.75, 3.05) is 13.1 Å². The van der Waals surface area contributed by atoms with E-state index >= 15 is 0 Å². The number of aromatic nitrogens is 2. The average molecular weight is 284 g/mol. The van der Waals surface area contributed by atoms with E-state index in [1.807, 2.05) is 0 Å². The van der Waals surface area contributed by atoms with Crippen LogP contribution in [-0.2, 0) is 0 Å². The van der Waals surface area contributed by atoms with Crippen LogP contribution in [0, 0.1) is 5.82 Å². The third kappa shape index (κ3) is 3.11. The molecule has 0 aliphatic carbocycles. The fraction of sp³-hybridized carbons (Fsp3) is 0.385. The average Bonchev–Trinajstić information content (AvgIpc) is 2.90. The molecule has 1 aromatic carbocycles. The van der Waals surface area contributed by atoms with Crippen molar-refractivity contribution in [3.63, 3.8) is 0 Å². The summed E-state index contributed by atoms with van der Waals surface area (Å²) in [6.45, 7) is 1.98. The number of rotatable bonds is 2. The Morgan fingerprint density at radius 1 is 1.16 bits per heavy atom. The lowest BCUT2D eigenvalue weighted by Gasteiger charge is -2.18. The topological polar surface area (TPSA) is 51.0 Å². The van der Waals surface area contributed by atoms with Gasteiger partial charge in [0.15, 0.2) is 5.82 Å². The minimum atomic E-state index is -0.267. The summed E-state index contributed by atoms with van der Waals surface area (Å²) >= 11 is 0. The quantitative estimate of drug-likeness (QED) is 0.921. The molecule has 3 rings (SSSR count). The predicted octanol–water partition coefficient (Wildman–Crippen LogP) is 2.76. The first kappa shape index (κ1) is 14.0. The SMILES string of the molecule is Cl.Fc1ccc(-c2nc(C3CCNCC3)no2)cc1. The Balaban J connectivity index is 0.00000133. The van der Waals surface area contributed by atoms with Crippen LogP contribution in [0.3, 0.4) is 0 Å². The first-order chi connectivity index (χ1) is 8.83. The lowest BCUT2D eigenvalue weighted by Crippen LogP contribution is -2.27. The van der Waals surface area contributed by atoms with Crippen LogP contribution in [0.5, 0.6) is 0 Å². The molecule has 4 nitrogen and oxygen atoms in total. The molecule has 1 aliphatic rings. The molecule has 0 atom stereocenters. The Morgan fingerprint density at radius 3 is 2.53 bits per heavy atom. The van der Waals surface area contributed by atoms with E-state index in [1.165, 1.54) is 12.1 Å². The summed E-state index contributed by atoms with van der Waals surface area (Å²) in [5.41, 5.74) is 0.754. The largest absolute Gasteiger partial charge is 0.334 e. The second-order valence-corrected chi connectivity index (χ2v) is 4.49. The fourth-order valence-corrected chi connectivity index (χ4v) is 2.19. The third-order valence-corrected chi connectivity index (χ3v) is 3.24. The molecular weight excluding hydrogens is 269 g/mol. The van der Waals surface area contributed by atoms with Gasteiger partial charge < -0.3 is 9.84 Å². The van der Waals surface area contributed by atoms with E-state index in [9.17, 15) is 4.39 Å². The van der Waals surface area contributed by atoms with E-state index < -0.39 is 0 Å². The first-order valence-electron chi connectivity index (χ1n) is 6.13. The van der Waals surface area contributed by atoms with Gasteiger partial charge >= 0.3 is 0 Å². The summed E-state index contributed by atoms with van der Waals surface area (Å²) < 4.78 is 18.1. The van der Waals surface area contributed by atoms with Gasteiger partial charge in [0.05, 0.1) is 0 Å². The van der Waals surface area contributed by atoms with Crippen molar-refractivity contribution >= 4 is 12.4 Å². The summed E-state index contributed by atoms with van der Waals surface area (Å²) in [6, 6.07) is 6.08. The number of halogens is 2. The summed E-state index contributed by atoms with van der Waals surface area (Å²) in [6.07, 6.45) is 2.06. The normalized spacial score (nSPS) is 16.1. The smallest absolute Gasteiger partial charge is 0.257 e. The molecule has 6 heteroatoms. The van der Waals surface area contributed by atoms with Crippen molar-refractivity contribution in [1.29, 1.82) is 0 Å². The Kier molecular flexibility index (Phi) is 4.50. The van der Waals surface area contributed by atoms with Gasteiger partial charge in [-0.2, -0.15) is 4.98 Å². The summed E-state index contributed by atoms with van der Waals surface area (Å²) in [4.78, 5) is 4.41. The third-order valence-electron chi connectivity index (χ3n) is 3.24. The molecule has 1 N–H and O–H groups in total. The van der Waals surface area contributed by atoms with Crippen LogP contribution >= 0.6 is 12.4 Å². The highest BCUT2D eigenvalue weighted by atomic mass is 35.5. The monoisotopic (exact) mass is 283 g/mol. The minimum absolute atomic E-state index is 0. The summed E-state index contributed by atoms with van der Waals surface area (Å²) in [7, 11) is 0. The molecule has 19 heavy (non-hydrogen) atoms. The van der Waals surface area contributed by atoms with Gasteiger partial charge in [-0.15, -0.1) is 12.4 Å². The lowest BCUT2D eigenvalue weighted by atomic mass is 9.98. The van der Waals surface area contributed by atoms with Gasteiger partial charge in [0, 0.05) is 11.5 Å². The number of nitrogens with zero attached hydrogens (tertiary/aromatic N) is 2. The molecule has 0 unspecified atom stereocenters. The Labute approximate surface area is 116 Å². The van der Waals surface area contributed by atoms with Gasteiger partial charge in [0.1, 0.15) is 5.82 Å². The van der Waals surface area contributed by atoms with Gasteiger partial charge in [0.2, 0.25) is 0 Å². The number of benzene rings is 1. The van der Waals surface area contributed by atoms with Crippen molar-refractivity contribution in [3.8, 4) is 11.5 Å². The molecule has 2 aromatic rings. The van der Waals surface area contributed by atoms with Crippen LogP contribution in [0.1, 0.15) is 24.6 Å². The van der Waals surface area contributed by atoms with Gasteiger partial charge in [-0.3, -0.25) is 0 Å². The number of nitrogens with one attached hydrogen (secondary N) is 1. The maximum Gasteiger partial charge on any atom is 0.257 e. The van der Waals surface area contributed by atoms with Crippen molar-refractivity contribution < 1.29 is 8.91 Å². The van der Waals surface area contributed by atoms with E-state index in [-0.39, 0.29) is 18.2 Å². The number of hydrogen-bond acceptors (Lipinski definition) is 4. The van der Waals surface area contributed by atoms with Crippen molar-refractivity contribution in [1.82, 2.24) is 15.5 Å².